The molecule has 2 aromatic rings. The second-order valence-corrected chi connectivity index (χ2v) is 6.48. The molecule has 0 aliphatic carbocycles. The van der Waals surface area contributed by atoms with Crippen molar-refractivity contribution in [1.82, 2.24) is 0 Å². The second-order valence-electron chi connectivity index (χ2n) is 4.54. The van der Waals surface area contributed by atoms with Crippen LogP contribution in [0.4, 0.5) is 10.1 Å². The average Bonchev–Trinajstić information content (AvgIpc) is 2.43. The number of fused-ring (bicyclic) bond motifs is 1. The smallest absolute Gasteiger partial charge is 0.146 e. The Hall–Kier alpha value is -1.00. The monoisotopic (exact) mass is 337 g/mol. The fourth-order valence-corrected chi connectivity index (χ4v) is 3.76. The number of halogens is 2. The van der Waals surface area contributed by atoms with Crippen molar-refractivity contribution in [3.05, 3.63) is 63.9 Å². The fourth-order valence-electron chi connectivity index (χ4n) is 2.30. The van der Waals surface area contributed by atoms with Crippen molar-refractivity contribution in [2.45, 2.75) is 11.8 Å². The molecule has 1 nitrogen and oxygen atoms in total. The Morgan fingerprint density at radius 2 is 2.05 bits per heavy atom. The minimum absolute atomic E-state index is 0.166. The lowest BCUT2D eigenvalue weighted by Gasteiger charge is -2.27. The Kier molecular flexibility index (Phi) is 3.80. The van der Waals surface area contributed by atoms with Crippen molar-refractivity contribution < 1.29 is 4.39 Å². The van der Waals surface area contributed by atoms with E-state index in [1.165, 1.54) is 17.2 Å². The summed E-state index contributed by atoms with van der Waals surface area (Å²) in [5.41, 5.74) is 3.17. The molecular weight excluding hydrogens is 325 g/mol. The summed E-state index contributed by atoms with van der Waals surface area (Å²) in [5, 5.41) is 3.32. The molecule has 1 aliphatic heterocycles. The maximum absolute atomic E-state index is 13.8. The summed E-state index contributed by atoms with van der Waals surface area (Å²) in [6.07, 6.45) is 0. The van der Waals surface area contributed by atoms with E-state index >= 15 is 0 Å². The standard InChI is InChI=1S/C15H13BrFNS/c16-11-5-6-13(17)14(7-11)18-15-9-19-8-10-3-1-2-4-12(10)15/h1-7,15,18H,8-9H2. The summed E-state index contributed by atoms with van der Waals surface area (Å²) in [7, 11) is 0. The summed E-state index contributed by atoms with van der Waals surface area (Å²) in [6, 6.07) is 13.5. The molecule has 0 radical (unpaired) electrons. The molecule has 1 heterocycles. The lowest BCUT2D eigenvalue weighted by atomic mass is 10.0. The number of thioether (sulfide) groups is 1. The van der Waals surface area contributed by atoms with E-state index in [1.54, 1.807) is 12.1 Å². The Morgan fingerprint density at radius 3 is 2.95 bits per heavy atom. The van der Waals surface area contributed by atoms with Crippen LogP contribution in [-0.4, -0.2) is 5.75 Å². The Balaban J connectivity index is 1.90. The van der Waals surface area contributed by atoms with E-state index < -0.39 is 0 Å². The van der Waals surface area contributed by atoms with Crippen molar-refractivity contribution >= 4 is 33.4 Å². The molecule has 0 fully saturated rings. The van der Waals surface area contributed by atoms with Crippen LogP contribution in [0.25, 0.3) is 0 Å². The molecular formula is C15H13BrFNS. The van der Waals surface area contributed by atoms with Crippen LogP contribution < -0.4 is 5.32 Å². The highest BCUT2D eigenvalue weighted by atomic mass is 79.9. The molecule has 1 unspecified atom stereocenters. The van der Waals surface area contributed by atoms with Crippen LogP contribution in [0.2, 0.25) is 0 Å². The minimum Gasteiger partial charge on any atom is -0.375 e. The average molecular weight is 338 g/mol. The van der Waals surface area contributed by atoms with Gasteiger partial charge in [0.05, 0.1) is 11.7 Å². The largest absolute Gasteiger partial charge is 0.375 e. The van der Waals surface area contributed by atoms with Gasteiger partial charge in [-0.15, -0.1) is 0 Å². The van der Waals surface area contributed by atoms with Crippen molar-refractivity contribution in [3.8, 4) is 0 Å². The Morgan fingerprint density at radius 1 is 1.21 bits per heavy atom. The SMILES string of the molecule is Fc1ccc(Br)cc1NC1CSCc2ccccc21. The zero-order valence-electron chi connectivity index (χ0n) is 10.2. The highest BCUT2D eigenvalue weighted by Crippen LogP contribution is 2.34. The van der Waals surface area contributed by atoms with Crippen molar-refractivity contribution in [2.75, 3.05) is 11.1 Å². The van der Waals surface area contributed by atoms with E-state index in [9.17, 15) is 4.39 Å². The second kappa shape index (κ2) is 5.55. The maximum atomic E-state index is 13.8. The summed E-state index contributed by atoms with van der Waals surface area (Å²) < 4.78 is 14.7. The van der Waals surface area contributed by atoms with Gasteiger partial charge in [-0.3, -0.25) is 0 Å². The highest BCUT2D eigenvalue weighted by Gasteiger charge is 2.20. The summed E-state index contributed by atoms with van der Waals surface area (Å²) >= 11 is 5.26. The molecule has 1 aliphatic rings. The van der Waals surface area contributed by atoms with Gasteiger partial charge in [-0.2, -0.15) is 11.8 Å². The predicted octanol–water partition coefficient (Wildman–Crippen LogP) is 4.99. The first kappa shape index (κ1) is 13.0. The third-order valence-corrected chi connectivity index (χ3v) is 4.81. The molecule has 1 N–H and O–H groups in total. The van der Waals surface area contributed by atoms with Gasteiger partial charge in [-0.1, -0.05) is 40.2 Å². The van der Waals surface area contributed by atoms with Crippen LogP contribution in [-0.2, 0) is 5.75 Å². The van der Waals surface area contributed by atoms with Gasteiger partial charge in [0.2, 0.25) is 0 Å². The van der Waals surface area contributed by atoms with Gasteiger partial charge in [0.1, 0.15) is 5.82 Å². The summed E-state index contributed by atoms with van der Waals surface area (Å²) in [4.78, 5) is 0. The van der Waals surface area contributed by atoms with Crippen LogP contribution >= 0.6 is 27.7 Å². The molecule has 0 bridgehead atoms. The zero-order valence-corrected chi connectivity index (χ0v) is 12.6. The van der Waals surface area contributed by atoms with Crippen LogP contribution in [0.3, 0.4) is 0 Å². The third kappa shape index (κ3) is 2.79. The van der Waals surface area contributed by atoms with Crippen LogP contribution in [0, 0.1) is 5.82 Å². The van der Waals surface area contributed by atoms with Crippen molar-refractivity contribution in [2.24, 2.45) is 0 Å². The topological polar surface area (TPSA) is 12.0 Å². The number of rotatable bonds is 2. The number of anilines is 1. The number of benzene rings is 2. The zero-order chi connectivity index (χ0) is 13.2. The first-order valence-electron chi connectivity index (χ1n) is 6.11. The third-order valence-electron chi connectivity index (χ3n) is 3.23. The molecule has 2 aromatic carbocycles. The summed E-state index contributed by atoms with van der Waals surface area (Å²) in [5.74, 6) is 1.79. The molecule has 4 heteroatoms. The molecule has 0 saturated heterocycles. The van der Waals surface area contributed by atoms with Gasteiger partial charge in [0.15, 0.2) is 0 Å². The van der Waals surface area contributed by atoms with E-state index in [0.29, 0.717) is 5.69 Å². The van der Waals surface area contributed by atoms with Crippen LogP contribution in [0.1, 0.15) is 17.2 Å². The van der Waals surface area contributed by atoms with E-state index in [2.05, 4.69) is 39.4 Å². The first-order valence-corrected chi connectivity index (χ1v) is 8.06. The summed E-state index contributed by atoms with van der Waals surface area (Å²) in [6.45, 7) is 0. The highest BCUT2D eigenvalue weighted by molar-refractivity contribution is 9.10. The predicted molar refractivity (Wildman–Crippen MR) is 83.1 cm³/mol. The van der Waals surface area contributed by atoms with Crippen molar-refractivity contribution in [3.63, 3.8) is 0 Å². The normalized spacial score (nSPS) is 17.9. The lowest BCUT2D eigenvalue weighted by Crippen LogP contribution is -2.19. The van der Waals surface area contributed by atoms with Gasteiger partial charge in [0.25, 0.3) is 0 Å². The number of nitrogens with one attached hydrogen (secondary N) is 1. The molecule has 98 valence electrons. The Bertz CT molecular complexity index is 602. The lowest BCUT2D eigenvalue weighted by molar-refractivity contribution is 0.627. The van der Waals surface area contributed by atoms with E-state index in [1.807, 2.05) is 17.8 Å². The molecule has 0 saturated carbocycles. The first-order chi connectivity index (χ1) is 9.24. The molecule has 0 spiro atoms. The van der Waals surface area contributed by atoms with Gasteiger partial charge in [-0.25, -0.2) is 4.39 Å². The quantitative estimate of drug-likeness (QED) is 0.828. The Labute approximate surface area is 124 Å². The fraction of sp³-hybridized carbons (Fsp3) is 0.200. The number of hydrogen-bond acceptors (Lipinski definition) is 2. The van der Waals surface area contributed by atoms with E-state index in [4.69, 9.17) is 0 Å². The van der Waals surface area contributed by atoms with Crippen molar-refractivity contribution in [1.29, 1.82) is 0 Å². The van der Waals surface area contributed by atoms with Crippen LogP contribution in [0.15, 0.2) is 46.9 Å². The molecule has 1 atom stereocenters. The van der Waals surface area contributed by atoms with Gasteiger partial charge in [-0.05, 0) is 29.3 Å². The molecule has 0 aromatic heterocycles. The molecule has 0 amide bonds. The minimum atomic E-state index is -0.212. The number of hydrogen-bond donors (Lipinski definition) is 1. The maximum Gasteiger partial charge on any atom is 0.146 e. The molecule has 3 rings (SSSR count). The van der Waals surface area contributed by atoms with Gasteiger partial charge >= 0.3 is 0 Å². The van der Waals surface area contributed by atoms with Gasteiger partial charge < -0.3 is 5.32 Å². The van der Waals surface area contributed by atoms with E-state index in [0.717, 1.165) is 16.0 Å². The molecule has 19 heavy (non-hydrogen) atoms. The van der Waals surface area contributed by atoms with E-state index in [-0.39, 0.29) is 11.9 Å². The van der Waals surface area contributed by atoms with Crippen LogP contribution in [0.5, 0.6) is 0 Å². The van der Waals surface area contributed by atoms with Gasteiger partial charge in [0, 0.05) is 16.0 Å².